The Balaban J connectivity index is 1.85. The van der Waals surface area contributed by atoms with Gasteiger partial charge in [-0.15, -0.1) is 0 Å². The Morgan fingerprint density at radius 2 is 1.67 bits per heavy atom. The highest BCUT2D eigenvalue weighted by atomic mass is 16.6. The Bertz CT molecular complexity index is 926. The summed E-state index contributed by atoms with van der Waals surface area (Å²) in [5.41, 5.74) is 4.49. The molecule has 0 atom stereocenters. The van der Waals surface area contributed by atoms with Crippen LogP contribution in [-0.2, 0) is 13.0 Å². The highest BCUT2D eigenvalue weighted by Gasteiger charge is 2.16. The van der Waals surface area contributed by atoms with E-state index in [-0.39, 0.29) is 11.4 Å². The maximum Gasteiger partial charge on any atom is 0.310 e. The standard InChI is InChI=1S/C22H22N2O3/c1-23(16-17-8-4-3-5-9-17)20-11-7-6-10-19(20)14-18-12-13-21(24(25)26)22(15-18)27-2/h3-13,15H,14,16H2,1-2H3. The van der Waals surface area contributed by atoms with Gasteiger partial charge in [0, 0.05) is 25.3 Å². The molecule has 0 fully saturated rings. The fourth-order valence-electron chi connectivity index (χ4n) is 3.18. The first kappa shape index (κ1) is 18.5. The van der Waals surface area contributed by atoms with E-state index in [0.717, 1.165) is 23.4 Å². The first-order valence-corrected chi connectivity index (χ1v) is 8.72. The molecule has 0 amide bonds. The molecule has 0 heterocycles. The Kier molecular flexibility index (Phi) is 5.71. The van der Waals surface area contributed by atoms with E-state index in [1.807, 2.05) is 30.3 Å². The smallest absolute Gasteiger partial charge is 0.310 e. The van der Waals surface area contributed by atoms with Crippen LogP contribution in [0.1, 0.15) is 16.7 Å². The molecule has 0 aliphatic rings. The van der Waals surface area contributed by atoms with E-state index in [1.54, 1.807) is 12.1 Å². The van der Waals surface area contributed by atoms with Crippen molar-refractivity contribution in [1.82, 2.24) is 0 Å². The summed E-state index contributed by atoms with van der Waals surface area (Å²) in [6.45, 7) is 0.807. The van der Waals surface area contributed by atoms with Crippen molar-refractivity contribution in [2.45, 2.75) is 13.0 Å². The average Bonchev–Trinajstić information content (AvgIpc) is 2.68. The second-order valence-corrected chi connectivity index (χ2v) is 6.41. The molecule has 0 saturated heterocycles. The number of anilines is 1. The molecular weight excluding hydrogens is 340 g/mol. The molecule has 3 rings (SSSR count). The first-order valence-electron chi connectivity index (χ1n) is 8.72. The minimum Gasteiger partial charge on any atom is -0.490 e. The fourth-order valence-corrected chi connectivity index (χ4v) is 3.18. The normalized spacial score (nSPS) is 10.4. The van der Waals surface area contributed by atoms with E-state index in [1.165, 1.54) is 18.7 Å². The fraction of sp³-hybridized carbons (Fsp3) is 0.182. The van der Waals surface area contributed by atoms with Crippen molar-refractivity contribution in [2.24, 2.45) is 0 Å². The lowest BCUT2D eigenvalue weighted by Gasteiger charge is -2.23. The van der Waals surface area contributed by atoms with Gasteiger partial charge in [-0.25, -0.2) is 0 Å². The van der Waals surface area contributed by atoms with Gasteiger partial charge in [0.15, 0.2) is 5.75 Å². The Labute approximate surface area is 159 Å². The molecule has 0 aliphatic carbocycles. The molecule has 0 saturated carbocycles. The van der Waals surface area contributed by atoms with E-state index in [9.17, 15) is 10.1 Å². The molecule has 0 aromatic heterocycles. The predicted octanol–water partition coefficient (Wildman–Crippen LogP) is 4.83. The van der Waals surface area contributed by atoms with Gasteiger partial charge in [0.05, 0.1) is 12.0 Å². The average molecular weight is 362 g/mol. The number of hydrogen-bond donors (Lipinski definition) is 0. The minimum atomic E-state index is -0.426. The molecule has 5 heteroatoms. The van der Waals surface area contributed by atoms with E-state index in [4.69, 9.17) is 4.74 Å². The van der Waals surface area contributed by atoms with Crippen LogP contribution in [0.2, 0.25) is 0 Å². The van der Waals surface area contributed by atoms with Crippen LogP contribution in [0.15, 0.2) is 72.8 Å². The van der Waals surface area contributed by atoms with Crippen LogP contribution in [0.5, 0.6) is 5.75 Å². The van der Waals surface area contributed by atoms with Crippen molar-refractivity contribution < 1.29 is 9.66 Å². The second kappa shape index (κ2) is 8.36. The van der Waals surface area contributed by atoms with Gasteiger partial charge >= 0.3 is 5.69 Å². The second-order valence-electron chi connectivity index (χ2n) is 6.41. The number of nitro groups is 1. The Morgan fingerprint density at radius 1 is 0.963 bits per heavy atom. The van der Waals surface area contributed by atoms with Gasteiger partial charge in [-0.1, -0.05) is 54.6 Å². The minimum absolute atomic E-state index is 0.0178. The van der Waals surface area contributed by atoms with Crippen LogP contribution in [0, 0.1) is 10.1 Å². The quantitative estimate of drug-likeness (QED) is 0.446. The molecule has 0 aliphatic heterocycles. The summed E-state index contributed by atoms with van der Waals surface area (Å²) in [4.78, 5) is 12.9. The molecule has 3 aromatic rings. The van der Waals surface area contributed by atoms with Crippen molar-refractivity contribution >= 4 is 11.4 Å². The van der Waals surface area contributed by atoms with E-state index >= 15 is 0 Å². The van der Waals surface area contributed by atoms with Gasteiger partial charge < -0.3 is 9.64 Å². The van der Waals surface area contributed by atoms with E-state index < -0.39 is 4.92 Å². The summed E-state index contributed by atoms with van der Waals surface area (Å²) in [5.74, 6) is 0.285. The number of ether oxygens (including phenoxy) is 1. The number of benzene rings is 3. The summed E-state index contributed by atoms with van der Waals surface area (Å²) in [6.07, 6.45) is 0.670. The number of nitro benzene ring substituents is 1. The van der Waals surface area contributed by atoms with Crippen LogP contribution in [0.3, 0.4) is 0 Å². The topological polar surface area (TPSA) is 55.6 Å². The third-order valence-corrected chi connectivity index (χ3v) is 4.50. The zero-order chi connectivity index (χ0) is 19.2. The van der Waals surface area contributed by atoms with E-state index in [2.05, 4.69) is 36.2 Å². The maximum atomic E-state index is 11.1. The molecule has 0 unspecified atom stereocenters. The molecule has 0 bridgehead atoms. The van der Waals surface area contributed by atoms with Gasteiger partial charge in [-0.05, 0) is 35.2 Å². The largest absolute Gasteiger partial charge is 0.490 e. The molecular formula is C22H22N2O3. The molecule has 0 spiro atoms. The van der Waals surface area contributed by atoms with Gasteiger partial charge in [0.1, 0.15) is 0 Å². The number of rotatable bonds is 7. The highest BCUT2D eigenvalue weighted by Crippen LogP contribution is 2.30. The number of para-hydroxylation sites is 1. The predicted molar refractivity (Wildman–Crippen MR) is 107 cm³/mol. The Morgan fingerprint density at radius 3 is 2.37 bits per heavy atom. The molecule has 5 nitrogen and oxygen atoms in total. The lowest BCUT2D eigenvalue weighted by Crippen LogP contribution is -2.18. The van der Waals surface area contributed by atoms with Crippen molar-refractivity contribution in [3.63, 3.8) is 0 Å². The highest BCUT2D eigenvalue weighted by molar-refractivity contribution is 5.56. The monoisotopic (exact) mass is 362 g/mol. The van der Waals surface area contributed by atoms with Crippen molar-refractivity contribution in [2.75, 3.05) is 19.1 Å². The van der Waals surface area contributed by atoms with Crippen LogP contribution in [0.25, 0.3) is 0 Å². The van der Waals surface area contributed by atoms with Gasteiger partial charge in [0.2, 0.25) is 0 Å². The van der Waals surface area contributed by atoms with Gasteiger partial charge in [-0.2, -0.15) is 0 Å². The lowest BCUT2D eigenvalue weighted by molar-refractivity contribution is -0.385. The van der Waals surface area contributed by atoms with Crippen LogP contribution < -0.4 is 9.64 Å². The first-order chi connectivity index (χ1) is 13.1. The van der Waals surface area contributed by atoms with Crippen molar-refractivity contribution in [1.29, 1.82) is 0 Å². The third-order valence-electron chi connectivity index (χ3n) is 4.50. The molecule has 138 valence electrons. The third kappa shape index (κ3) is 4.44. The van der Waals surface area contributed by atoms with Crippen LogP contribution in [-0.4, -0.2) is 19.1 Å². The molecule has 27 heavy (non-hydrogen) atoms. The summed E-state index contributed by atoms with van der Waals surface area (Å²) in [6, 6.07) is 23.6. The lowest BCUT2D eigenvalue weighted by atomic mass is 10.0. The summed E-state index contributed by atoms with van der Waals surface area (Å²) >= 11 is 0. The van der Waals surface area contributed by atoms with Crippen LogP contribution >= 0.6 is 0 Å². The van der Waals surface area contributed by atoms with Crippen molar-refractivity contribution in [3.8, 4) is 5.75 Å². The molecule has 3 aromatic carbocycles. The van der Waals surface area contributed by atoms with Crippen molar-refractivity contribution in [3.05, 3.63) is 99.6 Å². The van der Waals surface area contributed by atoms with Crippen LogP contribution in [0.4, 0.5) is 11.4 Å². The molecule has 0 N–H and O–H groups in total. The Hall–Kier alpha value is -3.34. The summed E-state index contributed by atoms with van der Waals surface area (Å²) in [7, 11) is 3.52. The summed E-state index contributed by atoms with van der Waals surface area (Å²) < 4.78 is 5.19. The number of nitrogens with zero attached hydrogens (tertiary/aromatic N) is 2. The van der Waals surface area contributed by atoms with Gasteiger partial charge in [0.25, 0.3) is 0 Å². The zero-order valence-corrected chi connectivity index (χ0v) is 15.5. The summed E-state index contributed by atoms with van der Waals surface area (Å²) in [5, 5.41) is 11.1. The van der Waals surface area contributed by atoms with E-state index in [0.29, 0.717) is 6.42 Å². The zero-order valence-electron chi connectivity index (χ0n) is 15.5. The SMILES string of the molecule is COc1cc(Cc2ccccc2N(C)Cc2ccccc2)ccc1[N+](=O)[O-]. The number of methoxy groups -OCH3 is 1. The van der Waals surface area contributed by atoms with Gasteiger partial charge in [-0.3, -0.25) is 10.1 Å². The maximum absolute atomic E-state index is 11.1. The molecule has 0 radical (unpaired) electrons. The number of hydrogen-bond acceptors (Lipinski definition) is 4.